The lowest BCUT2D eigenvalue weighted by Gasteiger charge is -2.32. The largest absolute Gasteiger partial charge is 0.377 e. The fourth-order valence-corrected chi connectivity index (χ4v) is 4.09. The summed E-state index contributed by atoms with van der Waals surface area (Å²) in [6.07, 6.45) is 8.09. The molecule has 2 atom stereocenters. The summed E-state index contributed by atoms with van der Waals surface area (Å²) < 4.78 is 18.0. The van der Waals surface area contributed by atoms with E-state index in [0.29, 0.717) is 18.8 Å². The minimum Gasteiger partial charge on any atom is -0.377 e. The van der Waals surface area contributed by atoms with Crippen LogP contribution in [-0.4, -0.2) is 21.9 Å². The Morgan fingerprint density at radius 1 is 1.00 bits per heavy atom. The second-order valence-electron chi connectivity index (χ2n) is 6.42. The van der Waals surface area contributed by atoms with Gasteiger partial charge in [0.2, 0.25) is 0 Å². The molecular weight excluding hydrogens is 299 g/mol. The Bertz CT molecular complexity index is 312. The third-order valence-corrected chi connectivity index (χ3v) is 6.41. The first-order valence-corrected chi connectivity index (χ1v) is 10.6. The van der Waals surface area contributed by atoms with E-state index in [4.69, 9.17) is 4.52 Å². The molecule has 2 N–H and O–H groups in total. The summed E-state index contributed by atoms with van der Waals surface area (Å²) in [7, 11) is -4.02. The van der Waals surface area contributed by atoms with Crippen LogP contribution in [0.15, 0.2) is 0 Å². The van der Waals surface area contributed by atoms with E-state index in [1.165, 1.54) is 0 Å². The van der Waals surface area contributed by atoms with Crippen molar-refractivity contribution < 1.29 is 19.1 Å². The Balaban J connectivity index is 4.75. The standard InChI is InChI=1S/C17H37O4P/c1-5-9-12-16(8-4)15-21-22(19,20)17(18,13-10-6-2)14-11-7-3/h16,18H,5-15H2,1-4H3,(H,19,20). The molecule has 134 valence electrons. The van der Waals surface area contributed by atoms with Crippen molar-refractivity contribution in [3.05, 3.63) is 0 Å². The molecule has 22 heavy (non-hydrogen) atoms. The smallest absolute Gasteiger partial charge is 0.359 e. The predicted molar refractivity (Wildman–Crippen MR) is 93.1 cm³/mol. The van der Waals surface area contributed by atoms with Crippen molar-refractivity contribution in [2.24, 2.45) is 5.92 Å². The lowest BCUT2D eigenvalue weighted by molar-refractivity contribution is 0.0542. The van der Waals surface area contributed by atoms with Gasteiger partial charge >= 0.3 is 7.60 Å². The molecule has 0 heterocycles. The highest BCUT2D eigenvalue weighted by molar-refractivity contribution is 7.54. The van der Waals surface area contributed by atoms with Crippen LogP contribution in [0.1, 0.15) is 91.9 Å². The first kappa shape index (κ1) is 22.1. The van der Waals surface area contributed by atoms with Gasteiger partial charge in [0.15, 0.2) is 5.34 Å². The first-order valence-electron chi connectivity index (χ1n) is 9.06. The molecule has 0 saturated heterocycles. The Hall–Kier alpha value is 0.110. The van der Waals surface area contributed by atoms with Gasteiger partial charge < -0.3 is 14.5 Å². The molecule has 0 aromatic heterocycles. The maximum atomic E-state index is 12.6. The highest BCUT2D eigenvalue weighted by Crippen LogP contribution is 2.58. The van der Waals surface area contributed by atoms with Crippen molar-refractivity contribution >= 4 is 7.60 Å². The van der Waals surface area contributed by atoms with Gasteiger partial charge in [-0.05, 0) is 25.2 Å². The van der Waals surface area contributed by atoms with Gasteiger partial charge in [-0.1, -0.05) is 72.6 Å². The third kappa shape index (κ3) is 7.59. The maximum absolute atomic E-state index is 12.6. The van der Waals surface area contributed by atoms with E-state index in [2.05, 4.69) is 13.8 Å². The van der Waals surface area contributed by atoms with Gasteiger partial charge in [-0.3, -0.25) is 4.57 Å². The van der Waals surface area contributed by atoms with E-state index in [0.717, 1.165) is 51.4 Å². The molecule has 0 bridgehead atoms. The molecule has 0 aromatic rings. The Morgan fingerprint density at radius 2 is 1.50 bits per heavy atom. The van der Waals surface area contributed by atoms with Crippen LogP contribution in [0.3, 0.4) is 0 Å². The minimum absolute atomic E-state index is 0.269. The van der Waals surface area contributed by atoms with Crippen LogP contribution in [0.4, 0.5) is 0 Å². The SMILES string of the molecule is CCCCC(CC)COP(=O)(O)C(O)(CCCC)CCCC. The van der Waals surface area contributed by atoms with Gasteiger partial charge in [-0.15, -0.1) is 0 Å². The summed E-state index contributed by atoms with van der Waals surface area (Å²) in [6.45, 7) is 8.51. The maximum Gasteiger partial charge on any atom is 0.359 e. The van der Waals surface area contributed by atoms with Crippen molar-refractivity contribution in [2.45, 2.75) is 97.2 Å². The van der Waals surface area contributed by atoms with E-state index < -0.39 is 12.9 Å². The molecule has 0 aliphatic carbocycles. The monoisotopic (exact) mass is 336 g/mol. The first-order chi connectivity index (χ1) is 10.4. The van der Waals surface area contributed by atoms with Gasteiger partial charge in [0.05, 0.1) is 6.61 Å². The van der Waals surface area contributed by atoms with Crippen molar-refractivity contribution in [3.8, 4) is 0 Å². The number of rotatable bonds is 14. The van der Waals surface area contributed by atoms with Gasteiger partial charge in [-0.2, -0.15) is 0 Å². The second-order valence-corrected chi connectivity index (χ2v) is 8.55. The molecule has 0 radical (unpaired) electrons. The van der Waals surface area contributed by atoms with Gasteiger partial charge in [-0.25, -0.2) is 0 Å². The van der Waals surface area contributed by atoms with Crippen LogP contribution in [0.2, 0.25) is 0 Å². The summed E-state index contributed by atoms with van der Waals surface area (Å²) in [5.74, 6) is 0.294. The lowest BCUT2D eigenvalue weighted by Crippen LogP contribution is -2.30. The van der Waals surface area contributed by atoms with Crippen molar-refractivity contribution in [1.29, 1.82) is 0 Å². The quantitative estimate of drug-likeness (QED) is 0.413. The van der Waals surface area contributed by atoms with Gasteiger partial charge in [0, 0.05) is 0 Å². The summed E-state index contributed by atoms with van der Waals surface area (Å²) in [4.78, 5) is 10.3. The molecule has 0 fully saturated rings. The van der Waals surface area contributed by atoms with Crippen LogP contribution in [0.25, 0.3) is 0 Å². The van der Waals surface area contributed by atoms with Gasteiger partial charge in [0.1, 0.15) is 0 Å². The number of hydrogen-bond donors (Lipinski definition) is 2. The van der Waals surface area contributed by atoms with Crippen LogP contribution in [0, 0.1) is 5.92 Å². The molecule has 0 rings (SSSR count). The normalized spacial score (nSPS) is 16.5. The zero-order valence-corrected chi connectivity index (χ0v) is 15.9. The van der Waals surface area contributed by atoms with E-state index in [1.807, 2.05) is 13.8 Å². The lowest BCUT2D eigenvalue weighted by atomic mass is 10.0. The topological polar surface area (TPSA) is 66.8 Å². The average Bonchev–Trinajstić information content (AvgIpc) is 2.50. The number of aliphatic hydroxyl groups is 1. The summed E-state index contributed by atoms with van der Waals surface area (Å²) in [5.41, 5.74) is 0. The number of hydrogen-bond acceptors (Lipinski definition) is 3. The third-order valence-electron chi connectivity index (χ3n) is 4.42. The summed E-state index contributed by atoms with van der Waals surface area (Å²) >= 11 is 0. The van der Waals surface area contributed by atoms with Crippen molar-refractivity contribution in [1.82, 2.24) is 0 Å². The number of unbranched alkanes of at least 4 members (excludes halogenated alkanes) is 3. The molecule has 0 aliphatic rings. The highest BCUT2D eigenvalue weighted by Gasteiger charge is 2.46. The highest BCUT2D eigenvalue weighted by atomic mass is 31.2. The van der Waals surface area contributed by atoms with Crippen molar-refractivity contribution in [3.63, 3.8) is 0 Å². The van der Waals surface area contributed by atoms with E-state index in [-0.39, 0.29) is 6.61 Å². The Morgan fingerprint density at radius 3 is 1.91 bits per heavy atom. The van der Waals surface area contributed by atoms with Crippen molar-refractivity contribution in [2.75, 3.05) is 6.61 Å². The van der Waals surface area contributed by atoms with E-state index in [1.54, 1.807) is 0 Å². The fourth-order valence-electron chi connectivity index (χ4n) is 2.55. The second kappa shape index (κ2) is 11.6. The zero-order chi connectivity index (χ0) is 17.1. The van der Waals surface area contributed by atoms with Crippen LogP contribution in [-0.2, 0) is 9.09 Å². The van der Waals surface area contributed by atoms with Crippen LogP contribution >= 0.6 is 7.60 Å². The molecule has 0 spiro atoms. The van der Waals surface area contributed by atoms with Crippen LogP contribution in [0.5, 0.6) is 0 Å². The summed E-state index contributed by atoms with van der Waals surface area (Å²) in [5, 5.41) is 9.14. The van der Waals surface area contributed by atoms with Crippen LogP contribution < -0.4 is 0 Å². The summed E-state index contributed by atoms with van der Waals surface area (Å²) in [6, 6.07) is 0. The van der Waals surface area contributed by atoms with Gasteiger partial charge in [0.25, 0.3) is 0 Å². The molecule has 0 amide bonds. The minimum atomic E-state index is -4.02. The molecule has 0 saturated carbocycles. The fraction of sp³-hybridized carbons (Fsp3) is 1.00. The van der Waals surface area contributed by atoms with E-state index in [9.17, 15) is 14.6 Å². The Labute approximate surface area is 137 Å². The molecule has 0 aliphatic heterocycles. The molecule has 0 aromatic carbocycles. The molecule has 4 nitrogen and oxygen atoms in total. The Kier molecular flexibility index (Phi) is 11.7. The molecular formula is C17H37O4P. The zero-order valence-electron chi connectivity index (χ0n) is 15.0. The predicted octanol–water partition coefficient (Wildman–Crippen LogP) is 5.47. The molecule has 5 heteroatoms. The van der Waals surface area contributed by atoms with E-state index >= 15 is 0 Å². The molecule has 2 unspecified atom stereocenters. The average molecular weight is 336 g/mol.